The van der Waals surface area contributed by atoms with Crippen LogP contribution in [0, 0.1) is 0 Å². The lowest BCUT2D eigenvalue weighted by atomic mass is 9.80. The lowest BCUT2D eigenvalue weighted by Crippen LogP contribution is -2.15. The first-order chi connectivity index (χ1) is 26.1. The molecule has 0 atom stereocenters. The Bertz CT molecular complexity index is 3370. The first kappa shape index (κ1) is 28.8. The zero-order chi connectivity index (χ0) is 35.0. The van der Waals surface area contributed by atoms with Gasteiger partial charge < -0.3 is 0 Å². The molecule has 0 unspecified atom stereocenters. The van der Waals surface area contributed by atoms with Gasteiger partial charge in [0.15, 0.2) is 5.65 Å². The van der Waals surface area contributed by atoms with E-state index in [-0.39, 0.29) is 5.41 Å². The van der Waals surface area contributed by atoms with Crippen LogP contribution < -0.4 is 0 Å². The Hall–Kier alpha value is -6.85. The fourth-order valence-electron chi connectivity index (χ4n) is 9.35. The lowest BCUT2D eigenvalue weighted by molar-refractivity contribution is 0.667. The van der Waals surface area contributed by atoms with Crippen LogP contribution in [-0.4, -0.2) is 23.9 Å². The molecule has 1 aliphatic carbocycles. The number of fused-ring (bicyclic) bond motifs is 16. The minimum atomic E-state index is -0.207. The van der Waals surface area contributed by atoms with Gasteiger partial charge in [0, 0.05) is 32.5 Å². The molecule has 53 heavy (non-hydrogen) atoms. The maximum Gasteiger partial charge on any atom is 0.235 e. The molecule has 11 aromatic rings. The molecular formula is C48H31N5. The predicted molar refractivity (Wildman–Crippen MR) is 218 cm³/mol. The van der Waals surface area contributed by atoms with Gasteiger partial charge in [-0.05, 0) is 69.4 Å². The number of benzene rings is 7. The molecular weight excluding hydrogens is 647 g/mol. The Morgan fingerprint density at radius 1 is 0.509 bits per heavy atom. The SMILES string of the molecule is CC1(C)c2cc3c(cc2-c2ccc4ccccc4c21)c1ccccc1n3-c1nc(-c2ccccc2)c2c3ccccc3n3c4ccccc4nc3c2n1. The monoisotopic (exact) mass is 677 g/mol. The van der Waals surface area contributed by atoms with Gasteiger partial charge in [0.2, 0.25) is 5.95 Å². The van der Waals surface area contributed by atoms with Gasteiger partial charge in [-0.3, -0.25) is 8.97 Å². The van der Waals surface area contributed by atoms with Crippen LogP contribution in [0.5, 0.6) is 0 Å². The van der Waals surface area contributed by atoms with Gasteiger partial charge >= 0.3 is 0 Å². The van der Waals surface area contributed by atoms with Crippen LogP contribution in [0.2, 0.25) is 0 Å². The highest BCUT2D eigenvalue weighted by Crippen LogP contribution is 2.53. The largest absolute Gasteiger partial charge is 0.290 e. The molecule has 12 rings (SSSR count). The summed E-state index contributed by atoms with van der Waals surface area (Å²) in [6.45, 7) is 4.74. The second-order valence-corrected chi connectivity index (χ2v) is 14.8. The van der Waals surface area contributed by atoms with Crippen molar-refractivity contribution in [2.45, 2.75) is 19.3 Å². The molecule has 0 amide bonds. The minimum Gasteiger partial charge on any atom is -0.290 e. The summed E-state index contributed by atoms with van der Waals surface area (Å²) in [5, 5.41) is 7.06. The van der Waals surface area contributed by atoms with Crippen LogP contribution in [0.4, 0.5) is 0 Å². The van der Waals surface area contributed by atoms with Crippen LogP contribution in [0.1, 0.15) is 25.0 Å². The van der Waals surface area contributed by atoms with Gasteiger partial charge in [-0.1, -0.05) is 129 Å². The van der Waals surface area contributed by atoms with E-state index in [1.54, 1.807) is 0 Å². The number of hydrogen-bond donors (Lipinski definition) is 0. The third kappa shape index (κ3) is 3.73. The van der Waals surface area contributed by atoms with Crippen LogP contribution >= 0.6 is 0 Å². The molecule has 5 nitrogen and oxygen atoms in total. The molecule has 7 aromatic carbocycles. The summed E-state index contributed by atoms with van der Waals surface area (Å²) in [6.07, 6.45) is 0. The molecule has 4 aromatic heterocycles. The van der Waals surface area contributed by atoms with Crippen molar-refractivity contribution in [1.29, 1.82) is 0 Å². The van der Waals surface area contributed by atoms with Crippen molar-refractivity contribution in [3.05, 3.63) is 163 Å². The summed E-state index contributed by atoms with van der Waals surface area (Å²) in [7, 11) is 0. The molecule has 0 saturated heterocycles. The normalized spacial score (nSPS) is 13.6. The molecule has 0 spiro atoms. The standard InChI is InChI=1S/C48H31N5/c1-48(2)36-27-41-35(26-34(36)32-25-24-28-14-6-7-17-30(28)43(32)48)31-18-8-11-21-38(31)53(41)47-50-44(29-15-4-3-5-16-29)42-33-19-9-12-22-39(33)52-40-23-13-10-20-37(40)49-46(52)45(42)51-47/h3-27H,1-2H3. The minimum absolute atomic E-state index is 0.207. The summed E-state index contributed by atoms with van der Waals surface area (Å²) < 4.78 is 4.55. The highest BCUT2D eigenvalue weighted by molar-refractivity contribution is 6.18. The second kappa shape index (κ2) is 10.1. The van der Waals surface area contributed by atoms with E-state index in [9.17, 15) is 0 Å². The smallest absolute Gasteiger partial charge is 0.235 e. The molecule has 4 heterocycles. The molecule has 0 radical (unpaired) electrons. The average Bonchev–Trinajstić information content (AvgIpc) is 3.83. The van der Waals surface area contributed by atoms with E-state index in [2.05, 4.69) is 168 Å². The van der Waals surface area contributed by atoms with E-state index in [1.165, 1.54) is 43.8 Å². The number of imidazole rings is 1. The third-order valence-corrected chi connectivity index (χ3v) is 11.7. The Labute approximate surface area is 304 Å². The average molecular weight is 678 g/mol. The predicted octanol–water partition coefficient (Wildman–Crippen LogP) is 11.8. The number of nitrogens with zero attached hydrogens (tertiary/aromatic N) is 5. The van der Waals surface area contributed by atoms with Gasteiger partial charge in [0.25, 0.3) is 0 Å². The summed E-state index contributed by atoms with van der Waals surface area (Å²) in [5.74, 6) is 0.630. The second-order valence-electron chi connectivity index (χ2n) is 14.8. The van der Waals surface area contributed by atoms with E-state index < -0.39 is 0 Å². The summed E-state index contributed by atoms with van der Waals surface area (Å²) in [6, 6.07) is 54.3. The van der Waals surface area contributed by atoms with Gasteiger partial charge in [0.05, 0.1) is 33.3 Å². The fraction of sp³-hybridized carbons (Fsp3) is 0.0625. The first-order valence-corrected chi connectivity index (χ1v) is 18.2. The number of rotatable bonds is 2. The van der Waals surface area contributed by atoms with Crippen molar-refractivity contribution in [3.8, 4) is 28.3 Å². The molecule has 1 aliphatic rings. The molecule has 0 fully saturated rings. The van der Waals surface area contributed by atoms with Crippen molar-refractivity contribution < 1.29 is 0 Å². The van der Waals surface area contributed by atoms with Crippen molar-refractivity contribution in [1.82, 2.24) is 23.9 Å². The lowest BCUT2D eigenvalue weighted by Gasteiger charge is -2.23. The number of pyridine rings is 1. The van der Waals surface area contributed by atoms with Crippen molar-refractivity contribution in [2.75, 3.05) is 0 Å². The van der Waals surface area contributed by atoms with Gasteiger partial charge in [0.1, 0.15) is 5.52 Å². The van der Waals surface area contributed by atoms with Gasteiger partial charge in [-0.25, -0.2) is 15.0 Å². The van der Waals surface area contributed by atoms with Gasteiger partial charge in [-0.2, -0.15) is 0 Å². The van der Waals surface area contributed by atoms with E-state index in [0.717, 1.165) is 60.8 Å². The summed E-state index contributed by atoms with van der Waals surface area (Å²) >= 11 is 0. The maximum absolute atomic E-state index is 5.56. The molecule has 0 aliphatic heterocycles. The summed E-state index contributed by atoms with van der Waals surface area (Å²) in [4.78, 5) is 16.4. The Morgan fingerprint density at radius 2 is 1.21 bits per heavy atom. The van der Waals surface area contributed by atoms with E-state index in [0.29, 0.717) is 5.95 Å². The molecule has 0 N–H and O–H groups in total. The molecule has 0 bridgehead atoms. The zero-order valence-electron chi connectivity index (χ0n) is 29.2. The van der Waals surface area contributed by atoms with Crippen LogP contribution in [0.15, 0.2) is 152 Å². The quantitative estimate of drug-likeness (QED) is 0.171. The zero-order valence-corrected chi connectivity index (χ0v) is 29.2. The van der Waals surface area contributed by atoms with Crippen LogP contribution in [-0.2, 0) is 5.41 Å². The number of aromatic nitrogens is 5. The van der Waals surface area contributed by atoms with Gasteiger partial charge in [-0.15, -0.1) is 0 Å². The Kier molecular flexibility index (Phi) is 5.51. The number of hydrogen-bond acceptors (Lipinski definition) is 3. The number of para-hydroxylation sites is 4. The molecule has 5 heteroatoms. The third-order valence-electron chi connectivity index (χ3n) is 11.7. The van der Waals surface area contributed by atoms with E-state index in [1.807, 2.05) is 6.07 Å². The highest BCUT2D eigenvalue weighted by Gasteiger charge is 2.38. The van der Waals surface area contributed by atoms with Crippen LogP contribution in [0.3, 0.4) is 0 Å². The van der Waals surface area contributed by atoms with E-state index in [4.69, 9.17) is 15.0 Å². The van der Waals surface area contributed by atoms with Crippen LogP contribution in [0.25, 0.3) is 99.4 Å². The van der Waals surface area contributed by atoms with E-state index >= 15 is 0 Å². The molecule has 0 saturated carbocycles. The Morgan fingerprint density at radius 3 is 2.06 bits per heavy atom. The Balaban J connectivity index is 1.24. The fourth-order valence-corrected chi connectivity index (χ4v) is 9.35. The van der Waals surface area contributed by atoms with Crippen molar-refractivity contribution in [2.24, 2.45) is 0 Å². The van der Waals surface area contributed by atoms with Crippen molar-refractivity contribution in [3.63, 3.8) is 0 Å². The highest BCUT2D eigenvalue weighted by atomic mass is 15.2. The molecule has 248 valence electrons. The first-order valence-electron chi connectivity index (χ1n) is 18.2. The van der Waals surface area contributed by atoms with Crippen molar-refractivity contribution >= 4 is 71.1 Å². The summed E-state index contributed by atoms with van der Waals surface area (Å²) in [5.41, 5.74) is 14.0. The maximum atomic E-state index is 5.56. The topological polar surface area (TPSA) is 48.0 Å².